The van der Waals surface area contributed by atoms with Crippen molar-refractivity contribution < 1.29 is 9.53 Å². The number of carbonyl (C=O) groups excluding carboxylic acids is 1. The van der Waals surface area contributed by atoms with Gasteiger partial charge in [-0.25, -0.2) is 0 Å². The zero-order chi connectivity index (χ0) is 13.5. The molecule has 19 heavy (non-hydrogen) atoms. The first-order chi connectivity index (χ1) is 8.58. The number of ether oxygens (including phenoxy) is 1. The number of hydrogen-bond acceptors (Lipinski definition) is 3. The molecule has 108 valence electrons. The fourth-order valence-corrected chi connectivity index (χ4v) is 1.57. The van der Waals surface area contributed by atoms with Crippen LogP contribution in [0.1, 0.15) is 25.3 Å². The van der Waals surface area contributed by atoms with Crippen LogP contribution in [0, 0.1) is 0 Å². The first kappa shape index (κ1) is 17.7. The van der Waals surface area contributed by atoms with Crippen LogP contribution >= 0.6 is 12.4 Å². The molecule has 0 aliphatic rings. The highest BCUT2D eigenvalue weighted by Crippen LogP contribution is 2.20. The van der Waals surface area contributed by atoms with Crippen molar-refractivity contribution >= 4 is 18.3 Å². The third kappa shape index (κ3) is 5.49. The van der Waals surface area contributed by atoms with E-state index in [1.165, 1.54) is 0 Å². The van der Waals surface area contributed by atoms with Gasteiger partial charge in [-0.2, -0.15) is 0 Å². The largest absolute Gasteiger partial charge is 0.497 e. The van der Waals surface area contributed by atoms with Gasteiger partial charge in [0.25, 0.3) is 0 Å². The second kappa shape index (κ2) is 8.77. The van der Waals surface area contributed by atoms with E-state index in [4.69, 9.17) is 4.74 Å². The first-order valence-electron chi connectivity index (χ1n) is 6.17. The summed E-state index contributed by atoms with van der Waals surface area (Å²) in [6.07, 6.45) is 0. The van der Waals surface area contributed by atoms with Gasteiger partial charge in [0.1, 0.15) is 5.75 Å². The van der Waals surface area contributed by atoms with Gasteiger partial charge in [0.2, 0.25) is 5.91 Å². The fourth-order valence-electron chi connectivity index (χ4n) is 1.57. The Kier molecular flexibility index (Phi) is 8.19. The Morgan fingerprint density at radius 3 is 2.63 bits per heavy atom. The van der Waals surface area contributed by atoms with Crippen molar-refractivity contribution in [1.29, 1.82) is 0 Å². The van der Waals surface area contributed by atoms with Crippen LogP contribution in [-0.4, -0.2) is 32.7 Å². The van der Waals surface area contributed by atoms with Crippen molar-refractivity contribution in [1.82, 2.24) is 10.6 Å². The number of methoxy groups -OCH3 is 1. The number of benzene rings is 1. The molecule has 0 heterocycles. The fraction of sp³-hybridized carbons (Fsp3) is 0.500. The lowest BCUT2D eigenvalue weighted by Gasteiger charge is -2.16. The van der Waals surface area contributed by atoms with Crippen molar-refractivity contribution in [3.05, 3.63) is 29.8 Å². The molecule has 0 radical (unpaired) electrons. The molecule has 2 unspecified atom stereocenters. The predicted octanol–water partition coefficient (Wildman–Crippen LogP) is 1.94. The van der Waals surface area contributed by atoms with Gasteiger partial charge in [0, 0.05) is 12.6 Å². The Bertz CT molecular complexity index is 399. The standard InChI is InChI=1S/C14H22N2O2.ClH/c1-10(15-3)9-16-14(17)11(2)12-6-5-7-13(8-12)18-4;/h5-8,10-11,15H,9H2,1-4H3,(H,16,17);1H. The van der Waals surface area contributed by atoms with E-state index in [2.05, 4.69) is 10.6 Å². The molecule has 0 fully saturated rings. The molecule has 0 saturated heterocycles. The van der Waals surface area contributed by atoms with E-state index < -0.39 is 0 Å². The van der Waals surface area contributed by atoms with Crippen LogP contribution in [0.3, 0.4) is 0 Å². The van der Waals surface area contributed by atoms with Gasteiger partial charge in [0.05, 0.1) is 13.0 Å². The highest BCUT2D eigenvalue weighted by atomic mass is 35.5. The summed E-state index contributed by atoms with van der Waals surface area (Å²) in [6.45, 7) is 4.55. The third-order valence-electron chi connectivity index (χ3n) is 3.06. The predicted molar refractivity (Wildman–Crippen MR) is 80.2 cm³/mol. The molecular weight excluding hydrogens is 264 g/mol. The Balaban J connectivity index is 0.00000324. The van der Waals surface area contributed by atoms with Gasteiger partial charge in [-0.05, 0) is 38.6 Å². The number of amides is 1. The lowest BCUT2D eigenvalue weighted by Crippen LogP contribution is -2.38. The van der Waals surface area contributed by atoms with Crippen LogP contribution in [0.25, 0.3) is 0 Å². The van der Waals surface area contributed by atoms with E-state index in [0.29, 0.717) is 6.54 Å². The zero-order valence-electron chi connectivity index (χ0n) is 11.9. The topological polar surface area (TPSA) is 50.4 Å². The van der Waals surface area contributed by atoms with Crippen LogP contribution in [0.4, 0.5) is 0 Å². The van der Waals surface area contributed by atoms with Crippen LogP contribution in [0.15, 0.2) is 24.3 Å². The molecule has 0 saturated carbocycles. The lowest BCUT2D eigenvalue weighted by atomic mass is 10.00. The summed E-state index contributed by atoms with van der Waals surface area (Å²) >= 11 is 0. The van der Waals surface area contributed by atoms with Crippen LogP contribution in [0.2, 0.25) is 0 Å². The molecular formula is C14H23ClN2O2. The summed E-state index contributed by atoms with van der Waals surface area (Å²) in [6, 6.07) is 7.87. The summed E-state index contributed by atoms with van der Waals surface area (Å²) in [5.41, 5.74) is 0.962. The van der Waals surface area contributed by atoms with Crippen LogP contribution in [0.5, 0.6) is 5.75 Å². The Morgan fingerprint density at radius 2 is 2.05 bits per heavy atom. The minimum atomic E-state index is -0.177. The van der Waals surface area contributed by atoms with Gasteiger partial charge in [-0.15, -0.1) is 12.4 Å². The number of halogens is 1. The van der Waals surface area contributed by atoms with Gasteiger partial charge in [-0.3, -0.25) is 4.79 Å². The molecule has 0 aromatic heterocycles. The van der Waals surface area contributed by atoms with Crippen molar-refractivity contribution in [3.63, 3.8) is 0 Å². The minimum Gasteiger partial charge on any atom is -0.497 e. The van der Waals surface area contributed by atoms with Gasteiger partial charge < -0.3 is 15.4 Å². The summed E-state index contributed by atoms with van der Waals surface area (Å²) in [5, 5.41) is 6.01. The van der Waals surface area contributed by atoms with Gasteiger partial charge in [0.15, 0.2) is 0 Å². The van der Waals surface area contributed by atoms with E-state index >= 15 is 0 Å². The highest BCUT2D eigenvalue weighted by molar-refractivity contribution is 5.85. The summed E-state index contributed by atoms with van der Waals surface area (Å²) in [5.74, 6) is 0.630. The van der Waals surface area contributed by atoms with Crippen molar-refractivity contribution in [3.8, 4) is 5.75 Å². The highest BCUT2D eigenvalue weighted by Gasteiger charge is 2.15. The molecule has 0 spiro atoms. The van der Waals surface area contributed by atoms with E-state index in [1.54, 1.807) is 7.11 Å². The molecule has 1 amide bonds. The average molecular weight is 287 g/mol. The molecule has 1 rings (SSSR count). The van der Waals surface area contributed by atoms with Crippen molar-refractivity contribution in [2.75, 3.05) is 20.7 Å². The number of likely N-dealkylation sites (N-methyl/N-ethyl adjacent to an activating group) is 1. The van der Waals surface area contributed by atoms with Crippen LogP contribution in [-0.2, 0) is 4.79 Å². The summed E-state index contributed by atoms with van der Waals surface area (Å²) in [7, 11) is 3.50. The van der Waals surface area contributed by atoms with E-state index in [0.717, 1.165) is 11.3 Å². The number of rotatable bonds is 6. The molecule has 5 heteroatoms. The monoisotopic (exact) mass is 286 g/mol. The summed E-state index contributed by atoms with van der Waals surface area (Å²) in [4.78, 5) is 12.0. The van der Waals surface area contributed by atoms with Crippen LogP contribution < -0.4 is 15.4 Å². The second-order valence-corrected chi connectivity index (χ2v) is 4.43. The smallest absolute Gasteiger partial charge is 0.227 e. The third-order valence-corrected chi connectivity index (χ3v) is 3.06. The molecule has 0 bridgehead atoms. The summed E-state index contributed by atoms with van der Waals surface area (Å²) < 4.78 is 5.16. The Morgan fingerprint density at radius 1 is 1.37 bits per heavy atom. The maximum absolute atomic E-state index is 12.0. The number of carbonyl (C=O) groups is 1. The average Bonchev–Trinajstić information content (AvgIpc) is 2.43. The Hall–Kier alpha value is -1.26. The quantitative estimate of drug-likeness (QED) is 0.840. The number of hydrogen-bond donors (Lipinski definition) is 2. The molecule has 1 aromatic rings. The molecule has 4 nitrogen and oxygen atoms in total. The molecule has 2 atom stereocenters. The first-order valence-corrected chi connectivity index (χ1v) is 6.17. The number of nitrogens with one attached hydrogen (secondary N) is 2. The second-order valence-electron chi connectivity index (χ2n) is 4.43. The van der Waals surface area contributed by atoms with Gasteiger partial charge in [-0.1, -0.05) is 12.1 Å². The van der Waals surface area contributed by atoms with Crippen molar-refractivity contribution in [2.24, 2.45) is 0 Å². The molecule has 0 aliphatic heterocycles. The van der Waals surface area contributed by atoms with E-state index in [9.17, 15) is 4.79 Å². The van der Waals surface area contributed by atoms with E-state index in [-0.39, 0.29) is 30.3 Å². The van der Waals surface area contributed by atoms with Gasteiger partial charge >= 0.3 is 0 Å². The zero-order valence-corrected chi connectivity index (χ0v) is 12.7. The Labute approximate surface area is 121 Å². The normalized spacial score (nSPS) is 13.1. The maximum atomic E-state index is 12.0. The lowest BCUT2D eigenvalue weighted by molar-refractivity contribution is -0.122. The molecule has 1 aromatic carbocycles. The maximum Gasteiger partial charge on any atom is 0.227 e. The van der Waals surface area contributed by atoms with E-state index in [1.807, 2.05) is 45.2 Å². The SMILES string of the molecule is CNC(C)CNC(=O)C(C)c1cccc(OC)c1.Cl. The van der Waals surface area contributed by atoms with Crippen molar-refractivity contribution in [2.45, 2.75) is 25.8 Å². The minimum absolute atomic E-state index is 0. The molecule has 2 N–H and O–H groups in total. The molecule has 0 aliphatic carbocycles.